The van der Waals surface area contributed by atoms with Crippen LogP contribution in [0.2, 0.25) is 5.02 Å². The number of imide groups is 1. The highest BCUT2D eigenvalue weighted by molar-refractivity contribution is 6.30. The first-order chi connectivity index (χ1) is 32.2. The number of anilines is 2. The number of hydrogen-bond donors (Lipinski definition) is 5. The number of aromatic nitrogens is 1. The largest absolute Gasteiger partial charge is 0.433 e. The molecule has 1 aromatic heterocycles. The van der Waals surface area contributed by atoms with Crippen LogP contribution in [0.3, 0.4) is 0 Å². The van der Waals surface area contributed by atoms with Crippen molar-refractivity contribution in [2.24, 2.45) is 10.8 Å². The predicted octanol–water partition coefficient (Wildman–Crippen LogP) is 7.19. The Hall–Kier alpha value is -5.29. The standard InChI is InChI=1S/C50H57ClF4N8O5/c1-46(2,3)22-37-49(26-57-34-21-36(50(53,54)55)56-23-32(34)49)39(31-7-4-8-33(51)40(31)52)41(59-37)43(66)61-48-16-13-47(14-17-48,15-18-48)45(68)62-19-5-6-29(25-62)58-28-9-10-30-27(20-28)24-63(44(30)67)35-11-12-38(64)60-42(35)65/h4,7-10,20-21,23,29,35,37,39,41,57-59H,5-6,11-19,22,24-26H2,1-3H3,(H,61,66)(H,60,64,65)/t29-,35?,37-,39-,41+,47?,48?,49-/m0/s1. The van der Waals surface area contributed by atoms with E-state index in [1.54, 1.807) is 18.2 Å². The van der Waals surface area contributed by atoms with Crippen LogP contribution in [0.4, 0.5) is 28.9 Å². The maximum Gasteiger partial charge on any atom is 0.433 e. The van der Waals surface area contributed by atoms with Gasteiger partial charge in [-0.05, 0) is 111 Å². The Kier molecular flexibility index (Phi) is 11.4. The lowest BCUT2D eigenvalue weighted by Gasteiger charge is -2.54. The summed E-state index contributed by atoms with van der Waals surface area (Å²) in [6.45, 7) is 7.71. The summed E-state index contributed by atoms with van der Waals surface area (Å²) in [7, 11) is 0. The van der Waals surface area contributed by atoms with Crippen LogP contribution in [-0.4, -0.2) is 93.7 Å². The fourth-order valence-electron chi connectivity index (χ4n) is 12.9. The Bertz CT molecular complexity index is 2580. The summed E-state index contributed by atoms with van der Waals surface area (Å²) < 4.78 is 58.2. The lowest BCUT2D eigenvalue weighted by Crippen LogP contribution is -2.63. The topological polar surface area (TPSA) is 165 Å². The van der Waals surface area contributed by atoms with Gasteiger partial charge in [0.1, 0.15) is 17.6 Å². The number of amides is 5. The number of carbonyl (C=O) groups excluding carboxylic acids is 5. The summed E-state index contributed by atoms with van der Waals surface area (Å²) in [5, 5.41) is 16.1. The zero-order valence-corrected chi connectivity index (χ0v) is 39.1. The van der Waals surface area contributed by atoms with E-state index in [-0.39, 0.29) is 77.3 Å². The second-order valence-electron chi connectivity index (χ2n) is 21.6. The van der Waals surface area contributed by atoms with Gasteiger partial charge in [0.2, 0.25) is 23.6 Å². The van der Waals surface area contributed by atoms with Gasteiger partial charge >= 0.3 is 6.18 Å². The van der Waals surface area contributed by atoms with E-state index in [2.05, 4.69) is 52.3 Å². The molecule has 3 aromatic rings. The molecule has 13 nitrogen and oxygen atoms in total. The molecule has 3 saturated heterocycles. The van der Waals surface area contributed by atoms with Crippen molar-refractivity contribution in [1.29, 1.82) is 0 Å². The smallest absolute Gasteiger partial charge is 0.384 e. The number of nitrogens with one attached hydrogen (secondary N) is 5. The molecule has 3 aliphatic carbocycles. The van der Waals surface area contributed by atoms with Crippen LogP contribution in [0.1, 0.15) is 130 Å². The molecule has 362 valence electrons. The summed E-state index contributed by atoms with van der Waals surface area (Å²) in [6.07, 6.45) is 2.72. The number of nitrogens with zero attached hydrogens (tertiary/aromatic N) is 3. The highest BCUT2D eigenvalue weighted by Gasteiger charge is 2.63. The first-order valence-corrected chi connectivity index (χ1v) is 24.2. The normalized spacial score (nSPS) is 31.1. The first kappa shape index (κ1) is 46.4. The van der Waals surface area contributed by atoms with Gasteiger partial charge in [-0.1, -0.05) is 44.5 Å². The third-order valence-corrected chi connectivity index (χ3v) is 16.6. The monoisotopic (exact) mass is 960 g/mol. The number of alkyl halides is 3. The molecule has 5 N–H and O–H groups in total. The van der Waals surface area contributed by atoms with Gasteiger partial charge < -0.3 is 31.1 Å². The number of carbonyl (C=O) groups is 5. The third kappa shape index (κ3) is 7.98. The average molecular weight is 962 g/mol. The molecule has 3 saturated carbocycles. The molecule has 1 unspecified atom stereocenters. The molecule has 5 amide bonds. The van der Waals surface area contributed by atoms with Crippen LogP contribution in [0.15, 0.2) is 48.7 Å². The minimum absolute atomic E-state index is 0.0258. The average Bonchev–Trinajstić information content (AvgIpc) is 3.94. The maximum absolute atomic E-state index is 16.4. The van der Waals surface area contributed by atoms with Crippen molar-refractivity contribution in [1.82, 2.24) is 30.7 Å². The summed E-state index contributed by atoms with van der Waals surface area (Å²) in [4.78, 5) is 74.5. The molecular formula is C50H57ClF4N8O5. The summed E-state index contributed by atoms with van der Waals surface area (Å²) in [6, 6.07) is 9.04. The van der Waals surface area contributed by atoms with Crippen molar-refractivity contribution in [2.75, 3.05) is 30.3 Å². The highest BCUT2D eigenvalue weighted by Crippen LogP contribution is 2.58. The number of pyridine rings is 1. The van der Waals surface area contributed by atoms with Gasteiger partial charge in [0, 0.05) is 95.7 Å². The molecule has 6 fully saturated rings. The second kappa shape index (κ2) is 16.7. The quantitative estimate of drug-likeness (QED) is 0.116. The maximum atomic E-state index is 16.4. The lowest BCUT2D eigenvalue weighted by molar-refractivity contribution is -0.151. The minimum atomic E-state index is -4.68. The third-order valence-electron chi connectivity index (χ3n) is 16.3. The van der Waals surface area contributed by atoms with Crippen LogP contribution in [0.5, 0.6) is 0 Å². The second-order valence-corrected chi connectivity index (χ2v) is 22.1. The molecule has 68 heavy (non-hydrogen) atoms. The lowest BCUT2D eigenvalue weighted by atomic mass is 9.56. The number of hydrogen-bond acceptors (Lipinski definition) is 9. The van der Waals surface area contributed by atoms with Crippen molar-refractivity contribution in [3.63, 3.8) is 0 Å². The summed E-state index contributed by atoms with van der Waals surface area (Å²) in [5.74, 6) is -2.79. The molecule has 6 heterocycles. The molecule has 6 atom stereocenters. The van der Waals surface area contributed by atoms with E-state index in [1.807, 2.05) is 17.0 Å². The molecule has 2 aromatic carbocycles. The molecule has 18 heteroatoms. The Morgan fingerprint density at radius 1 is 0.985 bits per heavy atom. The van der Waals surface area contributed by atoms with Crippen LogP contribution < -0.4 is 26.6 Å². The predicted molar refractivity (Wildman–Crippen MR) is 245 cm³/mol. The van der Waals surface area contributed by atoms with Crippen molar-refractivity contribution >= 4 is 52.5 Å². The van der Waals surface area contributed by atoms with Gasteiger partial charge in [-0.25, -0.2) is 4.39 Å². The van der Waals surface area contributed by atoms with Crippen LogP contribution in [0, 0.1) is 16.6 Å². The molecule has 0 radical (unpaired) electrons. The van der Waals surface area contributed by atoms with E-state index in [9.17, 15) is 32.3 Å². The zero-order valence-electron chi connectivity index (χ0n) is 38.4. The van der Waals surface area contributed by atoms with E-state index in [4.69, 9.17) is 11.6 Å². The number of fused-ring (bicyclic) bond motifs is 6. The van der Waals surface area contributed by atoms with Crippen LogP contribution in [-0.2, 0) is 37.3 Å². The van der Waals surface area contributed by atoms with Gasteiger partial charge in [0.15, 0.2) is 0 Å². The van der Waals surface area contributed by atoms with E-state index >= 15 is 9.18 Å². The van der Waals surface area contributed by atoms with Crippen molar-refractivity contribution in [3.8, 4) is 0 Å². The summed E-state index contributed by atoms with van der Waals surface area (Å²) in [5.41, 5.74) is -0.501. The summed E-state index contributed by atoms with van der Waals surface area (Å²) >= 11 is 6.42. The molecule has 11 rings (SSSR count). The molecule has 5 aliphatic heterocycles. The van der Waals surface area contributed by atoms with E-state index in [0.717, 1.165) is 30.2 Å². The minimum Gasteiger partial charge on any atom is -0.384 e. The molecule has 8 aliphatic rings. The van der Waals surface area contributed by atoms with Crippen molar-refractivity contribution in [2.45, 2.75) is 145 Å². The molecule has 2 bridgehead atoms. The van der Waals surface area contributed by atoms with E-state index in [0.29, 0.717) is 69.2 Å². The number of piperidine rings is 2. The van der Waals surface area contributed by atoms with Gasteiger partial charge in [-0.3, -0.25) is 34.3 Å². The fraction of sp³-hybridized carbons (Fsp3) is 0.560. The number of benzene rings is 2. The Balaban J connectivity index is 0.835. The Labute approximate surface area is 397 Å². The Morgan fingerprint density at radius 3 is 2.44 bits per heavy atom. The Morgan fingerprint density at radius 2 is 1.74 bits per heavy atom. The van der Waals surface area contributed by atoms with Crippen LogP contribution in [0.25, 0.3) is 0 Å². The van der Waals surface area contributed by atoms with Crippen LogP contribution >= 0.6 is 11.6 Å². The molecular weight excluding hydrogens is 904 g/mol. The van der Waals surface area contributed by atoms with Crippen molar-refractivity contribution < 1.29 is 41.5 Å². The van der Waals surface area contributed by atoms with Gasteiger partial charge in [0.05, 0.1) is 11.1 Å². The van der Waals surface area contributed by atoms with Gasteiger partial charge in [0.25, 0.3) is 5.91 Å². The zero-order chi connectivity index (χ0) is 48.1. The van der Waals surface area contributed by atoms with E-state index in [1.165, 1.54) is 17.2 Å². The van der Waals surface area contributed by atoms with Crippen molar-refractivity contribution in [3.05, 3.63) is 87.4 Å². The highest BCUT2D eigenvalue weighted by atomic mass is 35.5. The molecule has 1 spiro atoms. The number of likely N-dealkylation sites (tertiary alicyclic amines) is 1. The number of rotatable bonds is 8. The first-order valence-electron chi connectivity index (χ1n) is 23.9. The van der Waals surface area contributed by atoms with Gasteiger partial charge in [-0.15, -0.1) is 0 Å². The van der Waals surface area contributed by atoms with Gasteiger partial charge in [-0.2, -0.15) is 13.2 Å². The van der Waals surface area contributed by atoms with E-state index < -0.39 is 64.0 Å². The number of halogens is 5. The SMILES string of the molecule is CC(C)(C)C[C@@H]1N[C@@H](C(=O)NC23CCC(C(=O)N4CCC[C@H](Nc5ccc6c(c5)CN(C5CCC(=O)NC5=O)C6=O)C4)(CC2)CC3)[C@H](c2cccc(Cl)c2F)[C@]12CNc1cc(C(F)(F)F)ncc12. The fourth-order valence-corrected chi connectivity index (χ4v) is 13.1.